The van der Waals surface area contributed by atoms with Crippen LogP contribution in [0, 0.1) is 5.92 Å². The fraction of sp³-hybridized carbons (Fsp3) is 0.571. The summed E-state index contributed by atoms with van der Waals surface area (Å²) in [5.74, 6) is 0.746. The molecule has 0 heterocycles. The minimum absolute atomic E-state index is 0.180. The summed E-state index contributed by atoms with van der Waals surface area (Å²) in [6.45, 7) is 7.54. The first-order chi connectivity index (χ1) is 8.43. The quantitative estimate of drug-likeness (QED) is 0.522. The molecule has 1 unspecified atom stereocenters. The molecule has 1 N–H and O–H groups in total. The van der Waals surface area contributed by atoms with E-state index < -0.39 is 0 Å². The SMILES string of the molecule is CC(C)CCCNC(C)c1ccc(Cl)c(Cl)c1Cl. The van der Waals surface area contributed by atoms with E-state index in [9.17, 15) is 0 Å². The third-order valence-electron chi connectivity index (χ3n) is 2.94. The Morgan fingerprint density at radius 1 is 1.06 bits per heavy atom. The number of rotatable bonds is 6. The van der Waals surface area contributed by atoms with Gasteiger partial charge in [0.25, 0.3) is 0 Å². The summed E-state index contributed by atoms with van der Waals surface area (Å²) in [5, 5.41) is 4.94. The Hall–Kier alpha value is 0.0500. The zero-order chi connectivity index (χ0) is 13.7. The highest BCUT2D eigenvalue weighted by Crippen LogP contribution is 2.35. The van der Waals surface area contributed by atoms with Crippen molar-refractivity contribution >= 4 is 34.8 Å². The molecular weight excluding hydrogens is 289 g/mol. The van der Waals surface area contributed by atoms with Crippen molar-refractivity contribution in [1.82, 2.24) is 5.32 Å². The predicted molar refractivity (Wildman–Crippen MR) is 82.0 cm³/mol. The minimum Gasteiger partial charge on any atom is -0.310 e. The van der Waals surface area contributed by atoms with Gasteiger partial charge in [0.1, 0.15) is 0 Å². The molecule has 0 aromatic heterocycles. The minimum atomic E-state index is 0.180. The zero-order valence-electron chi connectivity index (χ0n) is 11.1. The highest BCUT2D eigenvalue weighted by molar-refractivity contribution is 6.48. The summed E-state index contributed by atoms with van der Waals surface area (Å²) >= 11 is 18.2. The molecule has 18 heavy (non-hydrogen) atoms. The molecule has 0 aliphatic carbocycles. The smallest absolute Gasteiger partial charge is 0.0781 e. The maximum Gasteiger partial charge on any atom is 0.0781 e. The van der Waals surface area contributed by atoms with Gasteiger partial charge in [-0.05, 0) is 43.9 Å². The maximum absolute atomic E-state index is 6.20. The lowest BCUT2D eigenvalue weighted by molar-refractivity contribution is 0.497. The van der Waals surface area contributed by atoms with Crippen molar-refractivity contribution in [2.24, 2.45) is 5.92 Å². The van der Waals surface area contributed by atoms with Gasteiger partial charge >= 0.3 is 0 Å². The molecule has 0 aliphatic heterocycles. The summed E-state index contributed by atoms with van der Waals surface area (Å²) in [5.41, 5.74) is 0.996. The largest absolute Gasteiger partial charge is 0.310 e. The number of hydrogen-bond donors (Lipinski definition) is 1. The van der Waals surface area contributed by atoms with Gasteiger partial charge in [-0.1, -0.05) is 54.7 Å². The molecule has 1 rings (SSSR count). The van der Waals surface area contributed by atoms with Crippen LogP contribution < -0.4 is 5.32 Å². The fourth-order valence-corrected chi connectivity index (χ4v) is 2.52. The van der Waals surface area contributed by atoms with Crippen LogP contribution in [0.1, 0.15) is 45.2 Å². The average molecular weight is 309 g/mol. The molecule has 102 valence electrons. The number of nitrogens with one attached hydrogen (secondary N) is 1. The molecule has 1 aromatic rings. The predicted octanol–water partition coefficient (Wildman–Crippen LogP) is 5.73. The lowest BCUT2D eigenvalue weighted by atomic mass is 10.1. The van der Waals surface area contributed by atoms with Crippen molar-refractivity contribution in [2.45, 2.75) is 39.7 Å². The average Bonchev–Trinajstić information content (AvgIpc) is 2.31. The molecule has 0 bridgehead atoms. The van der Waals surface area contributed by atoms with Crippen molar-refractivity contribution in [1.29, 1.82) is 0 Å². The summed E-state index contributed by atoms with van der Waals surface area (Å²) < 4.78 is 0. The van der Waals surface area contributed by atoms with Gasteiger partial charge in [-0.25, -0.2) is 0 Å². The van der Waals surface area contributed by atoms with Crippen molar-refractivity contribution in [3.63, 3.8) is 0 Å². The molecule has 0 spiro atoms. The van der Waals surface area contributed by atoms with Crippen molar-refractivity contribution in [3.8, 4) is 0 Å². The fourth-order valence-electron chi connectivity index (χ4n) is 1.81. The Labute approximate surface area is 125 Å². The lowest BCUT2D eigenvalue weighted by Crippen LogP contribution is -2.20. The van der Waals surface area contributed by atoms with Crippen LogP contribution in [0.3, 0.4) is 0 Å². The Bertz CT molecular complexity index is 391. The van der Waals surface area contributed by atoms with Crippen LogP contribution in [0.2, 0.25) is 15.1 Å². The highest BCUT2D eigenvalue weighted by atomic mass is 35.5. The second kappa shape index (κ2) is 7.59. The van der Waals surface area contributed by atoms with Crippen LogP contribution >= 0.6 is 34.8 Å². The Morgan fingerprint density at radius 2 is 1.72 bits per heavy atom. The molecule has 1 aromatic carbocycles. The van der Waals surface area contributed by atoms with Crippen LogP contribution in [0.25, 0.3) is 0 Å². The van der Waals surface area contributed by atoms with E-state index >= 15 is 0 Å². The second-order valence-electron chi connectivity index (χ2n) is 4.98. The molecule has 4 heteroatoms. The normalized spacial score (nSPS) is 13.1. The van der Waals surface area contributed by atoms with E-state index in [4.69, 9.17) is 34.8 Å². The first-order valence-corrected chi connectivity index (χ1v) is 7.43. The second-order valence-corrected chi connectivity index (χ2v) is 6.14. The molecule has 0 aliphatic rings. The van der Waals surface area contributed by atoms with E-state index in [1.807, 2.05) is 6.07 Å². The van der Waals surface area contributed by atoms with Crippen LogP contribution in [0.4, 0.5) is 0 Å². The van der Waals surface area contributed by atoms with Crippen molar-refractivity contribution < 1.29 is 0 Å². The van der Waals surface area contributed by atoms with Gasteiger partial charge < -0.3 is 5.32 Å². The van der Waals surface area contributed by atoms with Crippen molar-refractivity contribution in [3.05, 3.63) is 32.8 Å². The monoisotopic (exact) mass is 307 g/mol. The summed E-state index contributed by atoms with van der Waals surface area (Å²) in [4.78, 5) is 0. The topological polar surface area (TPSA) is 12.0 Å². The first kappa shape index (κ1) is 16.1. The zero-order valence-corrected chi connectivity index (χ0v) is 13.3. The van der Waals surface area contributed by atoms with Crippen LogP contribution in [-0.4, -0.2) is 6.54 Å². The van der Waals surface area contributed by atoms with Gasteiger partial charge in [0.05, 0.1) is 15.1 Å². The Balaban J connectivity index is 2.57. The maximum atomic E-state index is 6.20. The molecule has 0 amide bonds. The van der Waals surface area contributed by atoms with Crippen molar-refractivity contribution in [2.75, 3.05) is 6.54 Å². The van der Waals surface area contributed by atoms with Gasteiger partial charge in [-0.2, -0.15) is 0 Å². The van der Waals surface area contributed by atoms with E-state index in [-0.39, 0.29) is 6.04 Å². The van der Waals surface area contributed by atoms with E-state index in [1.165, 1.54) is 12.8 Å². The van der Waals surface area contributed by atoms with Gasteiger partial charge in [-0.3, -0.25) is 0 Å². The summed E-state index contributed by atoms with van der Waals surface area (Å²) in [7, 11) is 0. The Morgan fingerprint density at radius 3 is 2.33 bits per heavy atom. The molecule has 0 saturated heterocycles. The van der Waals surface area contributed by atoms with E-state index in [0.29, 0.717) is 15.1 Å². The van der Waals surface area contributed by atoms with Gasteiger partial charge in [0, 0.05) is 6.04 Å². The first-order valence-electron chi connectivity index (χ1n) is 6.30. The molecule has 0 saturated carbocycles. The number of hydrogen-bond acceptors (Lipinski definition) is 1. The molecule has 0 fully saturated rings. The van der Waals surface area contributed by atoms with Gasteiger partial charge in [-0.15, -0.1) is 0 Å². The van der Waals surface area contributed by atoms with Crippen LogP contribution in [0.15, 0.2) is 12.1 Å². The third-order valence-corrected chi connectivity index (χ3v) is 4.25. The van der Waals surface area contributed by atoms with Crippen LogP contribution in [0.5, 0.6) is 0 Å². The van der Waals surface area contributed by atoms with Gasteiger partial charge in [0.2, 0.25) is 0 Å². The van der Waals surface area contributed by atoms with Gasteiger partial charge in [0.15, 0.2) is 0 Å². The molecular formula is C14H20Cl3N. The molecule has 1 nitrogen and oxygen atoms in total. The number of benzene rings is 1. The third kappa shape index (κ3) is 4.62. The molecule has 0 radical (unpaired) electrons. The molecule has 1 atom stereocenters. The summed E-state index contributed by atoms with van der Waals surface area (Å²) in [6.07, 6.45) is 2.40. The number of halogens is 3. The summed E-state index contributed by atoms with van der Waals surface area (Å²) in [6, 6.07) is 3.90. The standard InChI is InChI=1S/C14H20Cl3N/c1-9(2)5-4-8-18-10(3)11-6-7-12(15)14(17)13(11)16/h6-7,9-10,18H,4-5,8H2,1-3H3. The van der Waals surface area contributed by atoms with E-state index in [1.54, 1.807) is 6.07 Å². The van der Waals surface area contributed by atoms with Crippen LogP contribution in [-0.2, 0) is 0 Å². The lowest BCUT2D eigenvalue weighted by Gasteiger charge is -2.17. The van der Waals surface area contributed by atoms with E-state index in [2.05, 4.69) is 26.1 Å². The Kier molecular flexibility index (Phi) is 6.79. The van der Waals surface area contributed by atoms with E-state index in [0.717, 1.165) is 18.0 Å². The highest BCUT2D eigenvalue weighted by Gasteiger charge is 2.13.